The molecular weight excluding hydrogens is 324 g/mol. The second-order valence-electron chi connectivity index (χ2n) is 5.30. The second kappa shape index (κ2) is 7.15. The van der Waals surface area contributed by atoms with E-state index in [9.17, 15) is 9.59 Å². The molecule has 0 unspecified atom stereocenters. The van der Waals surface area contributed by atoms with Crippen LogP contribution in [-0.2, 0) is 11.3 Å². The van der Waals surface area contributed by atoms with Gasteiger partial charge in [-0.2, -0.15) is 0 Å². The first-order chi connectivity index (χ1) is 11.6. The molecule has 0 aliphatic rings. The largest absolute Gasteiger partial charge is 0.340 e. The number of Topliss-reactive ketones (excluding diaryl/α,β-unsaturated/α-hetero) is 1. The molecule has 0 spiro atoms. The highest BCUT2D eigenvalue weighted by molar-refractivity contribution is 6.46. The summed E-state index contributed by atoms with van der Waals surface area (Å²) in [7, 11) is 0. The van der Waals surface area contributed by atoms with Gasteiger partial charge < -0.3 is 9.88 Å². The number of ketones is 1. The zero-order chi connectivity index (χ0) is 16.9. The lowest BCUT2D eigenvalue weighted by molar-refractivity contribution is -0.112. The average Bonchev–Trinajstić information content (AvgIpc) is 3.05. The molecule has 0 saturated heterocycles. The van der Waals surface area contributed by atoms with Crippen LogP contribution in [0.25, 0.3) is 0 Å². The molecule has 0 bridgehead atoms. The lowest BCUT2D eigenvalue weighted by Gasteiger charge is -2.09. The van der Waals surface area contributed by atoms with Gasteiger partial charge in [-0.15, -0.1) is 0 Å². The summed E-state index contributed by atoms with van der Waals surface area (Å²) in [6.07, 6.45) is 1.79. The van der Waals surface area contributed by atoms with E-state index in [1.54, 1.807) is 47.2 Å². The summed E-state index contributed by atoms with van der Waals surface area (Å²) in [6, 6.07) is 19.8. The van der Waals surface area contributed by atoms with E-state index in [1.807, 2.05) is 30.3 Å². The summed E-state index contributed by atoms with van der Waals surface area (Å²) < 4.78 is 1.76. The molecule has 0 fully saturated rings. The molecule has 1 amide bonds. The molecule has 4 nitrogen and oxygen atoms in total. The summed E-state index contributed by atoms with van der Waals surface area (Å²) in [5.74, 6) is -1.25. The van der Waals surface area contributed by atoms with Crippen LogP contribution in [0.2, 0.25) is 5.02 Å². The third-order valence-corrected chi connectivity index (χ3v) is 3.82. The highest BCUT2D eigenvalue weighted by Crippen LogP contribution is 2.14. The molecule has 1 heterocycles. The topological polar surface area (TPSA) is 51.1 Å². The van der Waals surface area contributed by atoms with Gasteiger partial charge in [0.25, 0.3) is 11.7 Å². The van der Waals surface area contributed by atoms with Crippen molar-refractivity contribution in [2.24, 2.45) is 0 Å². The van der Waals surface area contributed by atoms with Gasteiger partial charge in [-0.05, 0) is 42.0 Å². The number of nitrogens with zero attached hydrogens (tertiary/aromatic N) is 1. The van der Waals surface area contributed by atoms with E-state index in [0.717, 1.165) is 5.56 Å². The molecule has 120 valence electrons. The Morgan fingerprint density at radius 1 is 0.917 bits per heavy atom. The van der Waals surface area contributed by atoms with Crippen molar-refractivity contribution < 1.29 is 9.59 Å². The van der Waals surface area contributed by atoms with Crippen LogP contribution in [-0.4, -0.2) is 16.3 Å². The number of aromatic nitrogens is 1. The molecule has 2 aromatic carbocycles. The maximum atomic E-state index is 12.4. The molecule has 1 aromatic heterocycles. The quantitative estimate of drug-likeness (QED) is 0.564. The van der Waals surface area contributed by atoms with Gasteiger partial charge in [0.15, 0.2) is 0 Å². The van der Waals surface area contributed by atoms with E-state index < -0.39 is 11.7 Å². The fourth-order valence-corrected chi connectivity index (χ4v) is 2.50. The Hall–Kier alpha value is -2.85. The van der Waals surface area contributed by atoms with Gasteiger partial charge in [-0.3, -0.25) is 9.59 Å². The van der Waals surface area contributed by atoms with Crippen molar-refractivity contribution in [1.82, 2.24) is 4.57 Å². The number of carbonyl (C=O) groups excluding carboxylic acids is 2. The Bertz CT molecular complexity index is 855. The summed E-state index contributed by atoms with van der Waals surface area (Å²) in [5, 5.41) is 3.15. The molecule has 0 saturated carbocycles. The van der Waals surface area contributed by atoms with Crippen molar-refractivity contribution in [2.75, 3.05) is 5.32 Å². The Morgan fingerprint density at radius 2 is 1.62 bits per heavy atom. The van der Waals surface area contributed by atoms with E-state index in [2.05, 4.69) is 5.32 Å². The monoisotopic (exact) mass is 338 g/mol. The maximum absolute atomic E-state index is 12.4. The SMILES string of the molecule is O=C(Nc1ccc(Cl)cc1)C(=O)c1cccn1Cc1ccccc1. The zero-order valence-corrected chi connectivity index (χ0v) is 13.5. The first kappa shape index (κ1) is 16.0. The minimum Gasteiger partial charge on any atom is -0.340 e. The molecule has 24 heavy (non-hydrogen) atoms. The van der Waals surface area contributed by atoms with Crippen LogP contribution >= 0.6 is 11.6 Å². The van der Waals surface area contributed by atoms with Gasteiger partial charge in [0.1, 0.15) is 0 Å². The van der Waals surface area contributed by atoms with Crippen LogP contribution in [0.1, 0.15) is 16.1 Å². The van der Waals surface area contributed by atoms with Crippen LogP contribution in [0.3, 0.4) is 0 Å². The molecule has 1 N–H and O–H groups in total. The van der Waals surface area contributed by atoms with Crippen LogP contribution < -0.4 is 5.32 Å². The standard InChI is InChI=1S/C19H15ClN2O2/c20-15-8-10-16(11-9-15)21-19(24)18(23)17-7-4-12-22(17)13-14-5-2-1-3-6-14/h1-12H,13H2,(H,21,24). The van der Waals surface area contributed by atoms with E-state index in [1.165, 1.54) is 0 Å². The fraction of sp³-hybridized carbons (Fsp3) is 0.0526. The number of hydrogen-bond donors (Lipinski definition) is 1. The van der Waals surface area contributed by atoms with Crippen molar-refractivity contribution in [1.29, 1.82) is 0 Å². The molecule has 0 aliphatic heterocycles. The summed E-state index contributed by atoms with van der Waals surface area (Å²) >= 11 is 5.81. The van der Waals surface area contributed by atoms with Crippen molar-refractivity contribution >= 4 is 29.0 Å². The third-order valence-electron chi connectivity index (χ3n) is 3.57. The number of halogens is 1. The summed E-state index contributed by atoms with van der Waals surface area (Å²) in [4.78, 5) is 24.6. The second-order valence-corrected chi connectivity index (χ2v) is 5.73. The fourth-order valence-electron chi connectivity index (χ4n) is 2.38. The predicted molar refractivity (Wildman–Crippen MR) is 94.4 cm³/mol. The zero-order valence-electron chi connectivity index (χ0n) is 12.8. The van der Waals surface area contributed by atoms with E-state index in [-0.39, 0.29) is 0 Å². The molecule has 0 atom stereocenters. The van der Waals surface area contributed by atoms with Crippen LogP contribution in [0.5, 0.6) is 0 Å². The number of nitrogens with one attached hydrogen (secondary N) is 1. The molecule has 3 rings (SSSR count). The van der Waals surface area contributed by atoms with E-state index in [4.69, 9.17) is 11.6 Å². The number of carbonyl (C=O) groups is 2. The Kier molecular flexibility index (Phi) is 4.77. The minimum absolute atomic E-state index is 0.352. The predicted octanol–water partition coefficient (Wildman–Crippen LogP) is 4.01. The number of benzene rings is 2. The average molecular weight is 339 g/mol. The van der Waals surface area contributed by atoms with Crippen molar-refractivity contribution in [3.05, 3.63) is 89.2 Å². The first-order valence-electron chi connectivity index (χ1n) is 7.44. The van der Waals surface area contributed by atoms with Crippen LogP contribution in [0.4, 0.5) is 5.69 Å². The van der Waals surface area contributed by atoms with Gasteiger partial charge in [-0.1, -0.05) is 41.9 Å². The number of hydrogen-bond acceptors (Lipinski definition) is 2. The molecule has 5 heteroatoms. The van der Waals surface area contributed by atoms with Gasteiger partial charge >= 0.3 is 0 Å². The highest BCUT2D eigenvalue weighted by Gasteiger charge is 2.19. The van der Waals surface area contributed by atoms with Gasteiger partial charge in [0.2, 0.25) is 0 Å². The number of amides is 1. The van der Waals surface area contributed by atoms with Crippen molar-refractivity contribution in [3.8, 4) is 0 Å². The summed E-state index contributed by atoms with van der Waals surface area (Å²) in [6.45, 7) is 0.531. The molecule has 0 aliphatic carbocycles. The van der Waals surface area contributed by atoms with Crippen LogP contribution in [0, 0.1) is 0 Å². The molecule has 3 aromatic rings. The smallest absolute Gasteiger partial charge is 0.298 e. The van der Waals surface area contributed by atoms with Crippen molar-refractivity contribution in [3.63, 3.8) is 0 Å². The minimum atomic E-state index is -0.676. The van der Waals surface area contributed by atoms with Crippen LogP contribution in [0.15, 0.2) is 72.9 Å². The van der Waals surface area contributed by atoms with Gasteiger partial charge in [0.05, 0.1) is 5.69 Å². The van der Waals surface area contributed by atoms with E-state index >= 15 is 0 Å². The number of anilines is 1. The summed E-state index contributed by atoms with van der Waals surface area (Å²) in [5.41, 5.74) is 1.94. The van der Waals surface area contributed by atoms with E-state index in [0.29, 0.717) is 22.9 Å². The highest BCUT2D eigenvalue weighted by atomic mass is 35.5. The normalized spacial score (nSPS) is 10.4. The van der Waals surface area contributed by atoms with Crippen molar-refractivity contribution in [2.45, 2.75) is 6.54 Å². The lowest BCUT2D eigenvalue weighted by atomic mass is 10.2. The molecular formula is C19H15ClN2O2. The Morgan fingerprint density at radius 3 is 2.33 bits per heavy atom. The van der Waals surface area contributed by atoms with Gasteiger partial charge in [-0.25, -0.2) is 0 Å². The lowest BCUT2D eigenvalue weighted by Crippen LogP contribution is -2.25. The maximum Gasteiger partial charge on any atom is 0.298 e. The Labute approximate surface area is 144 Å². The first-order valence-corrected chi connectivity index (χ1v) is 7.81. The molecule has 0 radical (unpaired) electrons. The third kappa shape index (κ3) is 3.73. The number of rotatable bonds is 5. The van der Waals surface area contributed by atoms with Gasteiger partial charge in [0, 0.05) is 23.5 Å². The Balaban J connectivity index is 1.74.